The van der Waals surface area contributed by atoms with Gasteiger partial charge >= 0.3 is 0 Å². The minimum atomic E-state index is 0.594. The zero-order valence-electron chi connectivity index (χ0n) is 12.7. The van der Waals surface area contributed by atoms with Crippen LogP contribution in [-0.2, 0) is 7.05 Å². The summed E-state index contributed by atoms with van der Waals surface area (Å²) < 4.78 is 2.09. The van der Waals surface area contributed by atoms with Gasteiger partial charge in [-0.25, -0.2) is 0 Å². The van der Waals surface area contributed by atoms with Gasteiger partial charge in [0, 0.05) is 18.3 Å². The van der Waals surface area contributed by atoms with Crippen molar-refractivity contribution in [3.63, 3.8) is 0 Å². The zero-order valence-corrected chi connectivity index (χ0v) is 13.5. The topological polar surface area (TPSA) is 42.7 Å². The van der Waals surface area contributed by atoms with Crippen LogP contribution in [0.1, 0.15) is 38.9 Å². The van der Waals surface area contributed by atoms with Gasteiger partial charge in [-0.1, -0.05) is 25.6 Å². The molecule has 1 fully saturated rings. The molecule has 1 saturated carbocycles. The van der Waals surface area contributed by atoms with Gasteiger partial charge in [0.15, 0.2) is 5.16 Å². The van der Waals surface area contributed by atoms with Crippen LogP contribution in [0.5, 0.6) is 0 Å². The third-order valence-electron chi connectivity index (χ3n) is 4.46. The predicted molar refractivity (Wildman–Crippen MR) is 80.4 cm³/mol. The summed E-state index contributed by atoms with van der Waals surface area (Å²) in [5.74, 6) is 2.61. The maximum Gasteiger partial charge on any atom is 0.191 e. The van der Waals surface area contributed by atoms with Crippen LogP contribution in [-0.4, -0.2) is 33.1 Å². The summed E-state index contributed by atoms with van der Waals surface area (Å²) in [5, 5.41) is 13.6. The average Bonchev–Trinajstić information content (AvgIpc) is 2.70. The Morgan fingerprint density at radius 1 is 1.32 bits per heavy atom. The smallest absolute Gasteiger partial charge is 0.191 e. The number of thioether (sulfide) groups is 1. The third-order valence-corrected chi connectivity index (χ3v) is 5.85. The molecule has 0 aliphatic heterocycles. The molecule has 0 amide bonds. The molecule has 5 heteroatoms. The Kier molecular flexibility index (Phi) is 4.90. The van der Waals surface area contributed by atoms with Crippen LogP contribution in [0.15, 0.2) is 5.16 Å². The van der Waals surface area contributed by atoms with Crippen molar-refractivity contribution in [1.82, 2.24) is 20.1 Å². The monoisotopic (exact) mass is 282 g/mol. The first-order valence-corrected chi connectivity index (χ1v) is 8.10. The van der Waals surface area contributed by atoms with E-state index in [9.17, 15) is 0 Å². The van der Waals surface area contributed by atoms with Crippen LogP contribution in [0.3, 0.4) is 0 Å². The second-order valence-corrected chi connectivity index (χ2v) is 7.16. The fraction of sp³-hybridized carbons (Fsp3) is 0.857. The van der Waals surface area contributed by atoms with E-state index in [1.807, 2.05) is 18.7 Å². The standard InChI is InChI=1S/C14H26N4S/c1-9(2)11-6-7-12(15-4)13(8-11)19-14-17-16-10(3)18(14)5/h9,11-13,15H,6-8H2,1-5H3. The molecule has 0 spiro atoms. The molecule has 1 aliphatic rings. The van der Waals surface area contributed by atoms with E-state index in [0.29, 0.717) is 11.3 Å². The van der Waals surface area contributed by atoms with Crippen LogP contribution in [0.25, 0.3) is 0 Å². The molecule has 1 N–H and O–H groups in total. The van der Waals surface area contributed by atoms with Crippen molar-refractivity contribution in [1.29, 1.82) is 0 Å². The maximum atomic E-state index is 4.30. The maximum absolute atomic E-state index is 4.30. The first kappa shape index (κ1) is 14.9. The van der Waals surface area contributed by atoms with E-state index in [2.05, 4.69) is 48.0 Å². The Morgan fingerprint density at radius 2 is 2.05 bits per heavy atom. The SMILES string of the molecule is CNC1CCC(C(C)C)CC1Sc1nnc(C)n1C. The minimum absolute atomic E-state index is 0.594. The molecule has 1 aromatic rings. The van der Waals surface area contributed by atoms with Crippen molar-refractivity contribution in [3.05, 3.63) is 5.82 Å². The Bertz CT molecular complexity index is 416. The predicted octanol–water partition coefficient (Wildman–Crippen LogP) is 2.63. The van der Waals surface area contributed by atoms with E-state index in [4.69, 9.17) is 0 Å². The van der Waals surface area contributed by atoms with Crippen LogP contribution >= 0.6 is 11.8 Å². The van der Waals surface area contributed by atoms with Gasteiger partial charge in [0.05, 0.1) is 0 Å². The van der Waals surface area contributed by atoms with E-state index in [1.54, 1.807) is 0 Å². The molecular formula is C14H26N4S. The number of nitrogens with one attached hydrogen (secondary N) is 1. The lowest BCUT2D eigenvalue weighted by Crippen LogP contribution is -2.41. The van der Waals surface area contributed by atoms with Crippen molar-refractivity contribution in [2.45, 2.75) is 56.5 Å². The fourth-order valence-corrected chi connectivity index (χ4v) is 4.28. The highest BCUT2D eigenvalue weighted by molar-refractivity contribution is 7.99. The van der Waals surface area contributed by atoms with Gasteiger partial charge in [0.1, 0.15) is 5.82 Å². The second kappa shape index (κ2) is 6.27. The van der Waals surface area contributed by atoms with E-state index in [1.165, 1.54) is 19.3 Å². The summed E-state index contributed by atoms with van der Waals surface area (Å²) in [4.78, 5) is 0. The fourth-order valence-electron chi connectivity index (χ4n) is 2.85. The first-order valence-electron chi connectivity index (χ1n) is 7.22. The highest BCUT2D eigenvalue weighted by Gasteiger charge is 2.32. The molecule has 3 atom stereocenters. The molecular weight excluding hydrogens is 256 g/mol. The lowest BCUT2D eigenvalue weighted by molar-refractivity contribution is 0.251. The number of nitrogens with zero attached hydrogens (tertiary/aromatic N) is 3. The van der Waals surface area contributed by atoms with Gasteiger partial charge in [0.2, 0.25) is 0 Å². The Morgan fingerprint density at radius 3 is 2.58 bits per heavy atom. The van der Waals surface area contributed by atoms with Gasteiger partial charge in [-0.05, 0) is 45.1 Å². The van der Waals surface area contributed by atoms with Crippen molar-refractivity contribution in [2.75, 3.05) is 7.05 Å². The largest absolute Gasteiger partial charge is 0.316 e. The van der Waals surface area contributed by atoms with Crippen LogP contribution in [0.2, 0.25) is 0 Å². The molecule has 108 valence electrons. The normalized spacial score (nSPS) is 28.0. The third kappa shape index (κ3) is 3.31. The lowest BCUT2D eigenvalue weighted by atomic mass is 9.79. The van der Waals surface area contributed by atoms with E-state index < -0.39 is 0 Å². The number of rotatable bonds is 4. The quantitative estimate of drug-likeness (QED) is 0.922. The van der Waals surface area contributed by atoms with Gasteiger partial charge < -0.3 is 9.88 Å². The summed E-state index contributed by atoms with van der Waals surface area (Å²) in [6.45, 7) is 6.70. The number of hydrogen-bond donors (Lipinski definition) is 1. The Labute approximate surface area is 120 Å². The molecule has 3 unspecified atom stereocenters. The minimum Gasteiger partial charge on any atom is -0.316 e. The van der Waals surface area contributed by atoms with E-state index in [0.717, 1.165) is 22.8 Å². The van der Waals surface area contributed by atoms with Crippen LogP contribution in [0, 0.1) is 18.8 Å². The molecule has 1 heterocycles. The zero-order chi connectivity index (χ0) is 14.0. The number of aromatic nitrogens is 3. The Hall–Kier alpha value is -0.550. The lowest BCUT2D eigenvalue weighted by Gasteiger charge is -2.37. The second-order valence-electron chi connectivity index (χ2n) is 5.96. The summed E-state index contributed by atoms with van der Waals surface area (Å²) >= 11 is 1.89. The van der Waals surface area contributed by atoms with Crippen LogP contribution < -0.4 is 5.32 Å². The summed E-state index contributed by atoms with van der Waals surface area (Å²) in [5.41, 5.74) is 0. The molecule has 4 nitrogen and oxygen atoms in total. The van der Waals surface area contributed by atoms with Crippen molar-refractivity contribution >= 4 is 11.8 Å². The van der Waals surface area contributed by atoms with E-state index in [-0.39, 0.29) is 0 Å². The molecule has 1 aromatic heterocycles. The molecule has 0 aromatic carbocycles. The number of aryl methyl sites for hydroxylation is 1. The molecule has 0 radical (unpaired) electrons. The van der Waals surface area contributed by atoms with Gasteiger partial charge in [-0.2, -0.15) is 0 Å². The molecule has 0 saturated heterocycles. The van der Waals surface area contributed by atoms with Gasteiger partial charge in [0.25, 0.3) is 0 Å². The van der Waals surface area contributed by atoms with Crippen molar-refractivity contribution in [3.8, 4) is 0 Å². The molecule has 1 aliphatic carbocycles. The highest BCUT2D eigenvalue weighted by atomic mass is 32.2. The van der Waals surface area contributed by atoms with Crippen LogP contribution in [0.4, 0.5) is 0 Å². The van der Waals surface area contributed by atoms with Crippen molar-refractivity contribution in [2.24, 2.45) is 18.9 Å². The summed E-state index contributed by atoms with van der Waals surface area (Å²) in [6.07, 6.45) is 3.89. The molecule has 2 rings (SSSR count). The van der Waals surface area contributed by atoms with Gasteiger partial charge in [-0.15, -0.1) is 10.2 Å². The average molecular weight is 282 g/mol. The summed E-state index contributed by atoms with van der Waals surface area (Å²) in [7, 11) is 4.13. The first-order chi connectivity index (χ1) is 9.02. The molecule has 0 bridgehead atoms. The van der Waals surface area contributed by atoms with Gasteiger partial charge in [-0.3, -0.25) is 0 Å². The Balaban J connectivity index is 2.08. The summed E-state index contributed by atoms with van der Waals surface area (Å²) in [6, 6.07) is 0.594. The van der Waals surface area contributed by atoms with E-state index >= 15 is 0 Å². The van der Waals surface area contributed by atoms with Crippen molar-refractivity contribution < 1.29 is 0 Å². The highest BCUT2D eigenvalue weighted by Crippen LogP contribution is 2.38. The molecule has 19 heavy (non-hydrogen) atoms. The number of hydrogen-bond acceptors (Lipinski definition) is 4.